The molecule has 1 N–H and O–H groups in total. The third kappa shape index (κ3) is 3.41. The third-order valence-electron chi connectivity index (χ3n) is 4.34. The fourth-order valence-corrected chi connectivity index (χ4v) is 3.05. The van der Waals surface area contributed by atoms with Gasteiger partial charge in [0.05, 0.1) is 19.3 Å². The third-order valence-corrected chi connectivity index (χ3v) is 4.34. The minimum absolute atomic E-state index is 0.122. The number of rotatable bonds is 5. The second-order valence-corrected chi connectivity index (χ2v) is 6.21. The molecule has 0 bridgehead atoms. The maximum Gasteiger partial charge on any atom is 0.293 e. The van der Waals surface area contributed by atoms with E-state index in [9.17, 15) is 4.79 Å². The summed E-state index contributed by atoms with van der Waals surface area (Å²) in [6.45, 7) is 1.77. The Kier molecular flexibility index (Phi) is 4.80. The Morgan fingerprint density at radius 1 is 1.33 bits per heavy atom. The summed E-state index contributed by atoms with van der Waals surface area (Å²) >= 11 is 0. The van der Waals surface area contributed by atoms with Crippen LogP contribution in [-0.2, 0) is 6.54 Å². The lowest BCUT2D eigenvalue weighted by Gasteiger charge is -2.23. The van der Waals surface area contributed by atoms with Crippen molar-refractivity contribution in [1.82, 2.24) is 19.9 Å². The summed E-state index contributed by atoms with van der Waals surface area (Å²) < 4.78 is 4.98. The molecule has 1 fully saturated rings. The molecule has 0 saturated carbocycles. The first-order valence-electron chi connectivity index (χ1n) is 8.08. The minimum Gasteiger partial charge on any atom is -0.490 e. The predicted molar refractivity (Wildman–Crippen MR) is 92.4 cm³/mol. The molecular formula is C17H23N5O2. The highest BCUT2D eigenvalue weighted by Gasteiger charge is 2.28. The molecule has 1 atom stereocenters. The van der Waals surface area contributed by atoms with Crippen LogP contribution in [0, 0.1) is 0 Å². The lowest BCUT2D eigenvalue weighted by atomic mass is 10.2. The van der Waals surface area contributed by atoms with Gasteiger partial charge in [0, 0.05) is 26.8 Å². The van der Waals surface area contributed by atoms with Gasteiger partial charge in [0.1, 0.15) is 11.6 Å². The van der Waals surface area contributed by atoms with Gasteiger partial charge in [-0.3, -0.25) is 9.69 Å². The molecule has 0 spiro atoms. The standard InChI is InChI=1S/C17H23N5O2/c1-21(2)15-7-6-12(9-18-15)11-22-8-4-5-13(22)16-19-10-14(24-3)17(23)20-16/h6-7,9-10,13H,4-5,8,11H2,1-3H3,(H,19,20,23). The molecule has 0 amide bonds. The largest absolute Gasteiger partial charge is 0.490 e. The number of pyridine rings is 1. The van der Waals surface area contributed by atoms with Crippen LogP contribution in [0.1, 0.15) is 30.3 Å². The SMILES string of the molecule is COc1cnc(C2CCCN2Cc2ccc(N(C)C)nc2)[nH]c1=O. The maximum absolute atomic E-state index is 11.9. The fourth-order valence-electron chi connectivity index (χ4n) is 3.05. The van der Waals surface area contributed by atoms with E-state index in [1.807, 2.05) is 31.3 Å². The zero-order valence-electron chi connectivity index (χ0n) is 14.3. The maximum atomic E-state index is 11.9. The van der Waals surface area contributed by atoms with Crippen LogP contribution in [0.2, 0.25) is 0 Å². The molecule has 3 heterocycles. The number of nitrogens with zero attached hydrogens (tertiary/aromatic N) is 4. The first kappa shape index (κ1) is 16.4. The van der Waals surface area contributed by atoms with Crippen molar-refractivity contribution in [2.75, 3.05) is 32.6 Å². The van der Waals surface area contributed by atoms with Gasteiger partial charge in [-0.2, -0.15) is 0 Å². The molecule has 1 aliphatic heterocycles. The zero-order valence-corrected chi connectivity index (χ0v) is 14.3. The molecule has 0 aromatic carbocycles. The summed E-state index contributed by atoms with van der Waals surface area (Å²) in [6, 6.07) is 4.24. The molecule has 1 unspecified atom stereocenters. The average Bonchev–Trinajstić information content (AvgIpc) is 3.03. The number of aromatic nitrogens is 3. The second kappa shape index (κ2) is 7.00. The molecule has 128 valence electrons. The van der Waals surface area contributed by atoms with E-state index in [2.05, 4.69) is 25.9 Å². The van der Waals surface area contributed by atoms with Crippen LogP contribution in [0.25, 0.3) is 0 Å². The van der Waals surface area contributed by atoms with Crippen molar-refractivity contribution in [2.24, 2.45) is 0 Å². The van der Waals surface area contributed by atoms with E-state index in [1.165, 1.54) is 13.3 Å². The Morgan fingerprint density at radius 2 is 2.17 bits per heavy atom. The van der Waals surface area contributed by atoms with Crippen molar-refractivity contribution in [1.29, 1.82) is 0 Å². The number of hydrogen-bond acceptors (Lipinski definition) is 6. The van der Waals surface area contributed by atoms with Gasteiger partial charge < -0.3 is 14.6 Å². The van der Waals surface area contributed by atoms with Crippen LogP contribution in [0.3, 0.4) is 0 Å². The predicted octanol–water partition coefficient (Wildman–Crippen LogP) is 1.58. The number of likely N-dealkylation sites (tertiary alicyclic amines) is 1. The minimum atomic E-state index is -0.230. The molecule has 0 radical (unpaired) electrons. The molecule has 24 heavy (non-hydrogen) atoms. The molecule has 1 saturated heterocycles. The lowest BCUT2D eigenvalue weighted by Crippen LogP contribution is -2.26. The van der Waals surface area contributed by atoms with Crippen LogP contribution in [0.15, 0.2) is 29.3 Å². The summed E-state index contributed by atoms with van der Waals surface area (Å²) in [4.78, 5) is 27.9. The number of methoxy groups -OCH3 is 1. The van der Waals surface area contributed by atoms with E-state index in [0.29, 0.717) is 5.82 Å². The van der Waals surface area contributed by atoms with Crippen molar-refractivity contribution in [3.63, 3.8) is 0 Å². The first-order valence-corrected chi connectivity index (χ1v) is 8.08. The molecule has 7 nitrogen and oxygen atoms in total. The normalized spacial score (nSPS) is 17.9. The molecular weight excluding hydrogens is 306 g/mol. The Bertz CT molecular complexity index is 741. The topological polar surface area (TPSA) is 74.3 Å². The highest BCUT2D eigenvalue weighted by molar-refractivity contribution is 5.37. The summed E-state index contributed by atoms with van der Waals surface area (Å²) in [5.74, 6) is 1.89. The Labute approximate surface area is 141 Å². The number of anilines is 1. The molecule has 1 aliphatic rings. The van der Waals surface area contributed by atoms with Crippen LogP contribution in [0.4, 0.5) is 5.82 Å². The van der Waals surface area contributed by atoms with Crippen molar-refractivity contribution in [3.8, 4) is 5.75 Å². The van der Waals surface area contributed by atoms with E-state index in [0.717, 1.165) is 37.3 Å². The van der Waals surface area contributed by atoms with Gasteiger partial charge in [-0.1, -0.05) is 6.07 Å². The van der Waals surface area contributed by atoms with Crippen LogP contribution in [-0.4, -0.2) is 47.6 Å². The van der Waals surface area contributed by atoms with Gasteiger partial charge in [-0.15, -0.1) is 0 Å². The Hall–Kier alpha value is -2.41. The summed E-state index contributed by atoms with van der Waals surface area (Å²) in [6.07, 6.45) is 5.48. The van der Waals surface area contributed by atoms with Crippen molar-refractivity contribution in [3.05, 3.63) is 46.3 Å². The smallest absolute Gasteiger partial charge is 0.293 e. The Balaban J connectivity index is 1.75. The van der Waals surface area contributed by atoms with Gasteiger partial charge in [0.15, 0.2) is 0 Å². The number of nitrogens with one attached hydrogen (secondary N) is 1. The fraction of sp³-hybridized carbons (Fsp3) is 0.471. The van der Waals surface area contributed by atoms with Crippen LogP contribution >= 0.6 is 0 Å². The molecule has 0 aliphatic carbocycles. The summed E-state index contributed by atoms with van der Waals surface area (Å²) in [5, 5.41) is 0. The van der Waals surface area contributed by atoms with E-state index < -0.39 is 0 Å². The molecule has 3 rings (SSSR count). The van der Waals surface area contributed by atoms with Crippen molar-refractivity contribution < 1.29 is 4.74 Å². The highest BCUT2D eigenvalue weighted by Crippen LogP contribution is 2.31. The lowest BCUT2D eigenvalue weighted by molar-refractivity contribution is 0.238. The quantitative estimate of drug-likeness (QED) is 0.898. The molecule has 7 heteroatoms. The summed E-state index contributed by atoms with van der Waals surface area (Å²) in [7, 11) is 5.42. The monoisotopic (exact) mass is 329 g/mol. The zero-order chi connectivity index (χ0) is 17.1. The van der Waals surface area contributed by atoms with E-state index in [4.69, 9.17) is 4.74 Å². The number of aromatic amines is 1. The van der Waals surface area contributed by atoms with Crippen LogP contribution < -0.4 is 15.2 Å². The van der Waals surface area contributed by atoms with Gasteiger partial charge in [-0.25, -0.2) is 9.97 Å². The molecule has 2 aromatic heterocycles. The molecule has 2 aromatic rings. The Morgan fingerprint density at radius 3 is 2.79 bits per heavy atom. The van der Waals surface area contributed by atoms with Gasteiger partial charge in [0.25, 0.3) is 5.56 Å². The van der Waals surface area contributed by atoms with E-state index in [-0.39, 0.29) is 17.4 Å². The average molecular weight is 329 g/mol. The van der Waals surface area contributed by atoms with Crippen LogP contribution in [0.5, 0.6) is 5.75 Å². The number of H-pyrrole nitrogens is 1. The van der Waals surface area contributed by atoms with E-state index >= 15 is 0 Å². The highest BCUT2D eigenvalue weighted by atomic mass is 16.5. The van der Waals surface area contributed by atoms with Gasteiger partial charge >= 0.3 is 0 Å². The second-order valence-electron chi connectivity index (χ2n) is 6.21. The summed E-state index contributed by atoms with van der Waals surface area (Å²) in [5.41, 5.74) is 0.926. The first-order chi connectivity index (χ1) is 11.6. The van der Waals surface area contributed by atoms with Crippen molar-refractivity contribution in [2.45, 2.75) is 25.4 Å². The van der Waals surface area contributed by atoms with Gasteiger partial charge in [-0.05, 0) is 31.0 Å². The van der Waals surface area contributed by atoms with Gasteiger partial charge in [0.2, 0.25) is 5.75 Å². The van der Waals surface area contributed by atoms with E-state index in [1.54, 1.807) is 0 Å². The number of hydrogen-bond donors (Lipinski definition) is 1. The van der Waals surface area contributed by atoms with Crippen molar-refractivity contribution >= 4 is 5.82 Å². The number of ether oxygens (including phenoxy) is 1.